The number of carbonyl (C=O) groups is 2. The van der Waals surface area contributed by atoms with Gasteiger partial charge in [0.15, 0.2) is 5.78 Å². The smallest absolute Gasteiger partial charge is 0.249 e. The highest BCUT2D eigenvalue weighted by molar-refractivity contribution is 5.92. The molecule has 0 saturated heterocycles. The lowest BCUT2D eigenvalue weighted by Gasteiger charge is -2.21. The first-order valence-electron chi connectivity index (χ1n) is 6.39. The zero-order chi connectivity index (χ0) is 14.4. The van der Waals surface area contributed by atoms with Gasteiger partial charge in [0.1, 0.15) is 12.1 Å². The summed E-state index contributed by atoms with van der Waals surface area (Å²) in [7, 11) is 1.46. The second-order valence-electron chi connectivity index (χ2n) is 4.79. The van der Waals surface area contributed by atoms with Crippen LogP contribution in [0.5, 0.6) is 0 Å². The first kappa shape index (κ1) is 15.4. The van der Waals surface area contributed by atoms with Crippen molar-refractivity contribution in [2.24, 2.45) is 5.92 Å². The lowest BCUT2D eigenvalue weighted by Crippen LogP contribution is -2.41. The van der Waals surface area contributed by atoms with Gasteiger partial charge in [-0.1, -0.05) is 44.2 Å². The number of methoxy groups -OCH3 is 1. The number of Topliss-reactive ketones (excluding diaryl/α,β-unsaturated/α-hetero) is 1. The molecule has 2 atom stereocenters. The van der Waals surface area contributed by atoms with Crippen LogP contribution in [0.2, 0.25) is 0 Å². The van der Waals surface area contributed by atoms with Gasteiger partial charge in [0.25, 0.3) is 0 Å². The number of nitrogens with one attached hydrogen (secondary N) is 1. The van der Waals surface area contributed by atoms with Crippen LogP contribution in [0.3, 0.4) is 0 Å². The number of benzene rings is 1. The molecule has 1 aromatic rings. The first-order valence-corrected chi connectivity index (χ1v) is 6.39. The quantitative estimate of drug-likeness (QED) is 0.855. The predicted molar refractivity (Wildman–Crippen MR) is 73.6 cm³/mol. The van der Waals surface area contributed by atoms with Crippen LogP contribution in [0.25, 0.3) is 0 Å². The van der Waals surface area contributed by atoms with E-state index < -0.39 is 12.1 Å². The molecular formula is C15H21NO3. The molecule has 0 saturated carbocycles. The van der Waals surface area contributed by atoms with Crippen molar-refractivity contribution in [3.8, 4) is 0 Å². The molecule has 1 N–H and O–H groups in total. The summed E-state index contributed by atoms with van der Waals surface area (Å²) in [6.07, 6.45) is -0.578. The lowest BCUT2D eigenvalue weighted by molar-refractivity contribution is -0.135. The van der Waals surface area contributed by atoms with Crippen LogP contribution in [0.1, 0.15) is 32.4 Å². The second kappa shape index (κ2) is 7.04. The van der Waals surface area contributed by atoms with E-state index in [4.69, 9.17) is 4.74 Å². The van der Waals surface area contributed by atoms with Crippen molar-refractivity contribution in [2.45, 2.75) is 32.9 Å². The van der Waals surface area contributed by atoms with E-state index in [0.29, 0.717) is 0 Å². The molecule has 19 heavy (non-hydrogen) atoms. The molecule has 104 valence electrons. The van der Waals surface area contributed by atoms with Crippen LogP contribution in [-0.4, -0.2) is 24.9 Å². The third-order valence-electron chi connectivity index (χ3n) is 3.00. The number of ketones is 1. The van der Waals surface area contributed by atoms with Crippen molar-refractivity contribution in [1.82, 2.24) is 5.32 Å². The highest BCUT2D eigenvalue weighted by Gasteiger charge is 2.26. The largest absolute Gasteiger partial charge is 0.372 e. The molecule has 0 bridgehead atoms. The van der Waals surface area contributed by atoms with Gasteiger partial charge in [0, 0.05) is 13.0 Å². The monoisotopic (exact) mass is 263 g/mol. The van der Waals surface area contributed by atoms with Gasteiger partial charge < -0.3 is 10.1 Å². The minimum Gasteiger partial charge on any atom is -0.372 e. The van der Waals surface area contributed by atoms with Gasteiger partial charge in [-0.3, -0.25) is 9.59 Å². The Morgan fingerprint density at radius 1 is 1.11 bits per heavy atom. The number of amides is 1. The van der Waals surface area contributed by atoms with E-state index >= 15 is 0 Å². The SMILES string of the molecule is COC(C)C(=O)N[C@@H](C(=O)C(C)C)c1ccccc1. The summed E-state index contributed by atoms with van der Waals surface area (Å²) in [4.78, 5) is 24.1. The van der Waals surface area contributed by atoms with Crippen LogP contribution in [0.4, 0.5) is 0 Å². The van der Waals surface area contributed by atoms with Crippen LogP contribution >= 0.6 is 0 Å². The Hall–Kier alpha value is -1.68. The van der Waals surface area contributed by atoms with Gasteiger partial charge >= 0.3 is 0 Å². The summed E-state index contributed by atoms with van der Waals surface area (Å²) in [5, 5.41) is 2.75. The minimum absolute atomic E-state index is 0.0112. The number of hydrogen-bond acceptors (Lipinski definition) is 3. The molecule has 0 radical (unpaired) electrons. The van der Waals surface area contributed by atoms with Crippen molar-refractivity contribution >= 4 is 11.7 Å². The van der Waals surface area contributed by atoms with Gasteiger partial charge in [-0.2, -0.15) is 0 Å². The number of carbonyl (C=O) groups excluding carboxylic acids is 2. The normalized spacial score (nSPS) is 13.9. The molecule has 0 aliphatic carbocycles. The van der Waals surface area contributed by atoms with E-state index in [1.54, 1.807) is 6.92 Å². The third-order valence-corrected chi connectivity index (χ3v) is 3.00. The Morgan fingerprint density at radius 2 is 1.68 bits per heavy atom. The van der Waals surface area contributed by atoms with Crippen molar-refractivity contribution in [3.05, 3.63) is 35.9 Å². The zero-order valence-electron chi connectivity index (χ0n) is 11.8. The summed E-state index contributed by atoms with van der Waals surface area (Å²) in [6.45, 7) is 5.30. The Morgan fingerprint density at radius 3 is 2.16 bits per heavy atom. The summed E-state index contributed by atoms with van der Waals surface area (Å²) in [6, 6.07) is 8.63. The van der Waals surface area contributed by atoms with Crippen LogP contribution in [0.15, 0.2) is 30.3 Å². The van der Waals surface area contributed by atoms with Gasteiger partial charge in [-0.15, -0.1) is 0 Å². The van der Waals surface area contributed by atoms with Gasteiger partial charge in [0.2, 0.25) is 5.91 Å². The second-order valence-corrected chi connectivity index (χ2v) is 4.79. The van der Waals surface area contributed by atoms with Crippen molar-refractivity contribution in [1.29, 1.82) is 0 Å². The van der Waals surface area contributed by atoms with Gasteiger partial charge in [-0.25, -0.2) is 0 Å². The topological polar surface area (TPSA) is 55.4 Å². The Labute approximate surface area is 114 Å². The molecule has 0 fully saturated rings. The summed E-state index contributed by atoms with van der Waals surface area (Å²) in [5.74, 6) is -0.448. The van der Waals surface area contributed by atoms with Crippen molar-refractivity contribution in [3.63, 3.8) is 0 Å². The Kier molecular flexibility index (Phi) is 5.70. The number of rotatable bonds is 6. The van der Waals surface area contributed by atoms with Crippen molar-refractivity contribution in [2.75, 3.05) is 7.11 Å². The molecule has 0 aromatic heterocycles. The lowest BCUT2D eigenvalue weighted by atomic mass is 9.95. The van der Waals surface area contributed by atoms with E-state index in [-0.39, 0.29) is 17.6 Å². The zero-order valence-corrected chi connectivity index (χ0v) is 11.8. The molecule has 1 rings (SSSR count). The van der Waals surface area contributed by atoms with Gasteiger partial charge in [-0.05, 0) is 12.5 Å². The molecule has 0 spiro atoms. The average molecular weight is 263 g/mol. The molecular weight excluding hydrogens is 242 g/mol. The maximum Gasteiger partial charge on any atom is 0.249 e. The van der Waals surface area contributed by atoms with E-state index in [9.17, 15) is 9.59 Å². The van der Waals surface area contributed by atoms with E-state index in [1.165, 1.54) is 7.11 Å². The molecule has 0 heterocycles. The molecule has 4 nitrogen and oxygen atoms in total. The standard InChI is InChI=1S/C15H21NO3/c1-10(2)14(17)13(12-8-6-5-7-9-12)16-15(18)11(3)19-4/h5-11,13H,1-4H3,(H,16,18)/t11?,13-/m1/s1. The third kappa shape index (κ3) is 4.17. The fourth-order valence-electron chi connectivity index (χ4n) is 1.66. The number of hydrogen-bond donors (Lipinski definition) is 1. The highest BCUT2D eigenvalue weighted by atomic mass is 16.5. The predicted octanol–water partition coefficient (Wildman–Crippen LogP) is 2.10. The molecule has 1 amide bonds. The number of ether oxygens (including phenoxy) is 1. The molecule has 1 aromatic carbocycles. The average Bonchev–Trinajstić information content (AvgIpc) is 2.43. The molecule has 4 heteroatoms. The highest BCUT2D eigenvalue weighted by Crippen LogP contribution is 2.18. The Bertz CT molecular complexity index is 428. The maximum atomic E-state index is 12.2. The first-order chi connectivity index (χ1) is 8.97. The van der Waals surface area contributed by atoms with Gasteiger partial charge in [0.05, 0.1) is 0 Å². The fraction of sp³-hybridized carbons (Fsp3) is 0.467. The van der Waals surface area contributed by atoms with E-state index in [1.807, 2.05) is 44.2 Å². The molecule has 1 unspecified atom stereocenters. The summed E-state index contributed by atoms with van der Waals surface area (Å²) >= 11 is 0. The Balaban J connectivity index is 2.94. The van der Waals surface area contributed by atoms with E-state index in [2.05, 4.69) is 5.32 Å². The molecule has 0 aliphatic rings. The summed E-state index contributed by atoms with van der Waals surface area (Å²) < 4.78 is 4.97. The molecule has 0 aliphatic heterocycles. The minimum atomic E-state index is -0.619. The van der Waals surface area contributed by atoms with E-state index in [0.717, 1.165) is 5.56 Å². The van der Waals surface area contributed by atoms with Crippen LogP contribution in [0, 0.1) is 5.92 Å². The summed E-state index contributed by atoms with van der Waals surface area (Å²) in [5.41, 5.74) is 0.790. The maximum absolute atomic E-state index is 12.2. The van der Waals surface area contributed by atoms with Crippen LogP contribution in [-0.2, 0) is 14.3 Å². The van der Waals surface area contributed by atoms with Crippen molar-refractivity contribution < 1.29 is 14.3 Å². The van der Waals surface area contributed by atoms with Crippen LogP contribution < -0.4 is 5.32 Å². The fourth-order valence-corrected chi connectivity index (χ4v) is 1.66.